The predicted molar refractivity (Wildman–Crippen MR) is 78.5 cm³/mol. The molecule has 0 unspecified atom stereocenters. The van der Waals surface area contributed by atoms with Gasteiger partial charge < -0.3 is 14.5 Å². The second-order valence-corrected chi connectivity index (χ2v) is 4.47. The Kier molecular flexibility index (Phi) is 5.08. The molecule has 0 spiro atoms. The van der Waals surface area contributed by atoms with E-state index in [1.54, 1.807) is 31.2 Å². The largest absolute Gasteiger partial charge is 0.465 e. The van der Waals surface area contributed by atoms with Gasteiger partial charge in [-0.15, -0.1) is 0 Å². The molecule has 0 bridgehead atoms. The van der Waals surface area contributed by atoms with Gasteiger partial charge in [0, 0.05) is 11.8 Å². The van der Waals surface area contributed by atoms with Crippen molar-refractivity contribution in [1.29, 1.82) is 0 Å². The van der Waals surface area contributed by atoms with Gasteiger partial charge in [-0.05, 0) is 42.8 Å². The zero-order chi connectivity index (χ0) is 15.9. The van der Waals surface area contributed by atoms with Gasteiger partial charge >= 0.3 is 5.97 Å². The van der Waals surface area contributed by atoms with Gasteiger partial charge in [-0.1, -0.05) is 6.07 Å². The van der Waals surface area contributed by atoms with E-state index in [1.807, 2.05) is 0 Å². The average molecular weight is 303 g/mol. The van der Waals surface area contributed by atoms with Crippen molar-refractivity contribution in [1.82, 2.24) is 0 Å². The van der Waals surface area contributed by atoms with Crippen LogP contribution in [0.25, 0.3) is 6.08 Å². The highest BCUT2D eigenvalue weighted by atomic mass is 19.1. The summed E-state index contributed by atoms with van der Waals surface area (Å²) in [6.07, 6.45) is 4.05. The summed E-state index contributed by atoms with van der Waals surface area (Å²) in [5, 5.41) is 2.44. The van der Waals surface area contributed by atoms with E-state index in [4.69, 9.17) is 9.15 Å². The lowest BCUT2D eigenvalue weighted by atomic mass is 10.2. The standard InChI is InChI=1S/C16H14FNO4/c1-11-4-5-12(9-14(11)17)18-15(19)10-22-16(20)7-6-13-3-2-8-21-13/h2-9H,10H2,1H3,(H,18,19)/b7-6+. The molecular weight excluding hydrogens is 289 g/mol. The number of hydrogen-bond donors (Lipinski definition) is 1. The van der Waals surface area contributed by atoms with Crippen molar-refractivity contribution in [2.75, 3.05) is 11.9 Å². The van der Waals surface area contributed by atoms with E-state index in [-0.39, 0.29) is 0 Å². The minimum atomic E-state index is -0.679. The lowest BCUT2D eigenvalue weighted by Crippen LogP contribution is -2.20. The SMILES string of the molecule is Cc1ccc(NC(=O)COC(=O)/C=C/c2ccco2)cc1F. The molecule has 1 amide bonds. The van der Waals surface area contributed by atoms with E-state index < -0.39 is 24.3 Å². The third-order valence-corrected chi connectivity index (χ3v) is 2.73. The fourth-order valence-corrected chi connectivity index (χ4v) is 1.59. The van der Waals surface area contributed by atoms with E-state index in [2.05, 4.69) is 5.32 Å². The van der Waals surface area contributed by atoms with E-state index in [9.17, 15) is 14.0 Å². The van der Waals surface area contributed by atoms with Gasteiger partial charge in [0.2, 0.25) is 0 Å². The number of aryl methyl sites for hydroxylation is 1. The number of esters is 1. The smallest absolute Gasteiger partial charge is 0.331 e. The molecule has 0 atom stereocenters. The monoisotopic (exact) mass is 303 g/mol. The van der Waals surface area contributed by atoms with Crippen LogP contribution in [0.4, 0.5) is 10.1 Å². The number of carbonyl (C=O) groups is 2. The van der Waals surface area contributed by atoms with Crippen molar-refractivity contribution < 1.29 is 23.1 Å². The summed E-state index contributed by atoms with van der Waals surface area (Å²) in [5.41, 5.74) is 0.780. The number of anilines is 1. The Hall–Kier alpha value is -2.89. The molecule has 1 N–H and O–H groups in total. The zero-order valence-electron chi connectivity index (χ0n) is 11.8. The molecule has 0 aliphatic heterocycles. The number of carbonyl (C=O) groups excluding carboxylic acids is 2. The Bertz CT molecular complexity index is 692. The molecule has 0 aliphatic carbocycles. The van der Waals surface area contributed by atoms with Crippen molar-refractivity contribution in [3.8, 4) is 0 Å². The molecule has 2 rings (SSSR count). The highest BCUT2D eigenvalue weighted by molar-refractivity contribution is 5.94. The maximum atomic E-state index is 13.3. The molecule has 1 aromatic carbocycles. The third-order valence-electron chi connectivity index (χ3n) is 2.73. The minimum absolute atomic E-state index is 0.301. The molecule has 6 heteroatoms. The van der Waals surface area contributed by atoms with E-state index in [0.29, 0.717) is 17.0 Å². The van der Waals surface area contributed by atoms with Crippen LogP contribution in [0.1, 0.15) is 11.3 Å². The second kappa shape index (κ2) is 7.21. The summed E-state index contributed by atoms with van der Waals surface area (Å²) in [4.78, 5) is 23.0. The topological polar surface area (TPSA) is 68.5 Å². The van der Waals surface area contributed by atoms with Crippen molar-refractivity contribution in [3.63, 3.8) is 0 Å². The fraction of sp³-hybridized carbons (Fsp3) is 0.125. The predicted octanol–water partition coefficient (Wildman–Crippen LogP) is 2.92. The van der Waals surface area contributed by atoms with Gasteiger partial charge in [0.15, 0.2) is 6.61 Å². The molecule has 22 heavy (non-hydrogen) atoms. The number of furan rings is 1. The van der Waals surface area contributed by atoms with Crippen LogP contribution in [0, 0.1) is 12.7 Å². The molecule has 114 valence electrons. The van der Waals surface area contributed by atoms with E-state index in [0.717, 1.165) is 6.08 Å². The van der Waals surface area contributed by atoms with Crippen molar-refractivity contribution >= 4 is 23.6 Å². The fourth-order valence-electron chi connectivity index (χ4n) is 1.59. The molecule has 1 aromatic heterocycles. The van der Waals surface area contributed by atoms with Gasteiger partial charge in [-0.2, -0.15) is 0 Å². The summed E-state index contributed by atoms with van der Waals surface area (Å²) < 4.78 is 23.1. The summed E-state index contributed by atoms with van der Waals surface area (Å²) in [6, 6.07) is 7.66. The molecule has 5 nitrogen and oxygen atoms in total. The second-order valence-electron chi connectivity index (χ2n) is 4.47. The Morgan fingerprint density at radius 2 is 2.18 bits per heavy atom. The Morgan fingerprint density at radius 3 is 2.86 bits per heavy atom. The number of hydrogen-bond acceptors (Lipinski definition) is 4. The van der Waals surface area contributed by atoms with Crippen LogP contribution in [-0.2, 0) is 14.3 Å². The van der Waals surface area contributed by atoms with Gasteiger partial charge in [-0.3, -0.25) is 4.79 Å². The van der Waals surface area contributed by atoms with Crippen LogP contribution >= 0.6 is 0 Å². The Labute approximate surface area is 126 Å². The number of benzene rings is 1. The molecule has 2 aromatic rings. The van der Waals surface area contributed by atoms with Crippen LogP contribution in [0.2, 0.25) is 0 Å². The maximum absolute atomic E-state index is 13.3. The van der Waals surface area contributed by atoms with Gasteiger partial charge in [0.05, 0.1) is 6.26 Å². The Balaban J connectivity index is 1.79. The van der Waals surface area contributed by atoms with Crippen LogP contribution in [0.3, 0.4) is 0 Å². The highest BCUT2D eigenvalue weighted by Gasteiger charge is 2.07. The van der Waals surface area contributed by atoms with Crippen molar-refractivity contribution in [2.24, 2.45) is 0 Å². The summed E-state index contributed by atoms with van der Waals surface area (Å²) in [7, 11) is 0. The zero-order valence-corrected chi connectivity index (χ0v) is 11.8. The summed E-state index contributed by atoms with van der Waals surface area (Å²) in [6.45, 7) is 1.16. The van der Waals surface area contributed by atoms with Crippen molar-refractivity contribution in [2.45, 2.75) is 6.92 Å². The summed E-state index contributed by atoms with van der Waals surface area (Å²) >= 11 is 0. The van der Waals surface area contributed by atoms with Crippen LogP contribution < -0.4 is 5.32 Å². The Morgan fingerprint density at radius 1 is 1.36 bits per heavy atom. The number of amides is 1. The molecule has 1 heterocycles. The van der Waals surface area contributed by atoms with E-state index in [1.165, 1.54) is 18.4 Å². The maximum Gasteiger partial charge on any atom is 0.331 e. The number of ether oxygens (including phenoxy) is 1. The molecule has 0 fully saturated rings. The average Bonchev–Trinajstić information content (AvgIpc) is 3.00. The lowest BCUT2D eigenvalue weighted by molar-refractivity contribution is -0.142. The first-order valence-electron chi connectivity index (χ1n) is 6.49. The van der Waals surface area contributed by atoms with Crippen molar-refractivity contribution in [3.05, 3.63) is 59.8 Å². The third kappa shape index (κ3) is 4.59. The molecule has 0 aliphatic rings. The van der Waals surface area contributed by atoms with Crippen LogP contribution in [-0.4, -0.2) is 18.5 Å². The first-order chi connectivity index (χ1) is 10.5. The van der Waals surface area contributed by atoms with E-state index >= 15 is 0 Å². The summed E-state index contributed by atoms with van der Waals surface area (Å²) in [5.74, 6) is -1.16. The highest BCUT2D eigenvalue weighted by Crippen LogP contribution is 2.13. The minimum Gasteiger partial charge on any atom is -0.465 e. The van der Waals surface area contributed by atoms with Crippen LogP contribution in [0.15, 0.2) is 47.1 Å². The molecule has 0 saturated carbocycles. The van der Waals surface area contributed by atoms with Gasteiger partial charge in [0.25, 0.3) is 5.91 Å². The van der Waals surface area contributed by atoms with Crippen LogP contribution in [0.5, 0.6) is 0 Å². The molecule has 0 saturated heterocycles. The molecular formula is C16H14FNO4. The first-order valence-corrected chi connectivity index (χ1v) is 6.49. The first kappa shape index (κ1) is 15.5. The lowest BCUT2D eigenvalue weighted by Gasteiger charge is -2.06. The number of rotatable bonds is 5. The van der Waals surface area contributed by atoms with Gasteiger partial charge in [0.1, 0.15) is 11.6 Å². The number of nitrogens with one attached hydrogen (secondary N) is 1. The number of halogens is 1. The normalized spacial score (nSPS) is 10.6. The molecule has 0 radical (unpaired) electrons. The quantitative estimate of drug-likeness (QED) is 0.681. The van der Waals surface area contributed by atoms with Gasteiger partial charge in [-0.25, -0.2) is 9.18 Å².